The SMILES string of the molecule is CC(C)n1nc(S(N)(=O)=O)cc1CCN(C)C.COc1ccc(CN(Cc2ccc(OC)cc2)S(=O)(=O)c2cc(CCN(C)C)n(C(C)C)n2)cc1. The lowest BCUT2D eigenvalue weighted by Crippen LogP contribution is -2.30. The van der Waals surface area contributed by atoms with Gasteiger partial charge in [0.2, 0.25) is 0 Å². The summed E-state index contributed by atoms with van der Waals surface area (Å²) in [5.41, 5.74) is 3.51. The van der Waals surface area contributed by atoms with E-state index in [1.807, 2.05) is 114 Å². The first-order valence-corrected chi connectivity index (χ1v) is 20.1. The molecule has 0 aliphatic rings. The Bertz CT molecular complexity index is 1870. The molecule has 2 aromatic heterocycles. The number of likely N-dealkylation sites (N-methyl/N-ethyl adjacent to an activating group) is 2. The molecule has 0 amide bonds. The second-order valence-corrected chi connectivity index (χ2v) is 17.0. The highest BCUT2D eigenvalue weighted by molar-refractivity contribution is 7.89. The molecule has 288 valence electrons. The van der Waals surface area contributed by atoms with Crippen molar-refractivity contribution in [2.24, 2.45) is 5.14 Å². The molecular weight excluding hydrogens is 705 g/mol. The molecule has 0 bridgehead atoms. The molecule has 0 aliphatic heterocycles. The van der Waals surface area contributed by atoms with Crippen LogP contribution in [-0.2, 0) is 46.0 Å². The van der Waals surface area contributed by atoms with Crippen LogP contribution >= 0.6 is 0 Å². The smallest absolute Gasteiger partial charge is 0.262 e. The second kappa shape index (κ2) is 18.8. The predicted octanol–water partition coefficient (Wildman–Crippen LogP) is 4.19. The monoisotopic (exact) mass is 760 g/mol. The minimum absolute atomic E-state index is 0.0488. The van der Waals surface area contributed by atoms with Crippen molar-refractivity contribution >= 4 is 20.0 Å². The van der Waals surface area contributed by atoms with Gasteiger partial charge in [-0.1, -0.05) is 24.3 Å². The zero-order chi connectivity index (χ0) is 38.8. The van der Waals surface area contributed by atoms with Crippen molar-refractivity contribution < 1.29 is 26.3 Å². The number of hydrogen-bond donors (Lipinski definition) is 1. The van der Waals surface area contributed by atoms with Gasteiger partial charge in [-0.25, -0.2) is 22.0 Å². The quantitative estimate of drug-likeness (QED) is 0.166. The van der Waals surface area contributed by atoms with E-state index in [1.165, 1.54) is 4.31 Å². The lowest BCUT2D eigenvalue weighted by molar-refractivity contribution is 0.392. The van der Waals surface area contributed by atoms with E-state index in [2.05, 4.69) is 15.1 Å². The molecule has 52 heavy (non-hydrogen) atoms. The van der Waals surface area contributed by atoms with Gasteiger partial charge in [-0.15, -0.1) is 0 Å². The van der Waals surface area contributed by atoms with Gasteiger partial charge in [-0.2, -0.15) is 14.5 Å². The van der Waals surface area contributed by atoms with Crippen LogP contribution in [0.5, 0.6) is 11.5 Å². The first-order valence-electron chi connectivity index (χ1n) is 17.1. The average Bonchev–Trinajstić information content (AvgIpc) is 3.73. The van der Waals surface area contributed by atoms with E-state index >= 15 is 0 Å². The van der Waals surface area contributed by atoms with Crippen LogP contribution in [0.25, 0.3) is 0 Å². The maximum absolute atomic E-state index is 13.9. The number of rotatable bonds is 17. The molecule has 0 unspecified atom stereocenters. The van der Waals surface area contributed by atoms with Crippen LogP contribution in [0.2, 0.25) is 0 Å². The van der Waals surface area contributed by atoms with Crippen LogP contribution in [0.4, 0.5) is 0 Å². The highest BCUT2D eigenvalue weighted by Crippen LogP contribution is 2.25. The minimum Gasteiger partial charge on any atom is -0.497 e. The molecule has 0 radical (unpaired) electrons. The maximum atomic E-state index is 13.9. The van der Waals surface area contributed by atoms with E-state index in [4.69, 9.17) is 14.6 Å². The molecule has 0 saturated carbocycles. The van der Waals surface area contributed by atoms with E-state index < -0.39 is 20.0 Å². The summed E-state index contributed by atoms with van der Waals surface area (Å²) in [5.74, 6) is 1.44. The third-order valence-electron chi connectivity index (χ3n) is 8.12. The normalized spacial score (nSPS) is 12.2. The van der Waals surface area contributed by atoms with Crippen molar-refractivity contribution in [1.29, 1.82) is 0 Å². The van der Waals surface area contributed by atoms with Gasteiger partial charge in [0.05, 0.1) is 14.2 Å². The van der Waals surface area contributed by atoms with E-state index in [-0.39, 0.29) is 35.2 Å². The first-order chi connectivity index (χ1) is 24.3. The standard InChI is InChI=1S/C26H36N4O4S.C10H20N4O2S/c1-20(2)30-23(15-16-28(3)4)17-26(27-30)35(31,32)29(18-21-7-11-24(33-5)12-8-21)19-22-9-13-25(34-6)14-10-22;1-8(2)14-9(5-6-13(3)4)7-10(12-14)17(11,15)16/h7-14,17,20H,15-16,18-19H2,1-6H3;7-8H,5-6H2,1-4H3,(H2,11,15,16). The van der Waals surface area contributed by atoms with Crippen molar-refractivity contribution in [2.75, 3.05) is 55.5 Å². The molecule has 2 heterocycles. The van der Waals surface area contributed by atoms with Gasteiger partial charge < -0.3 is 19.3 Å². The van der Waals surface area contributed by atoms with Crippen molar-refractivity contribution in [3.63, 3.8) is 0 Å². The Balaban J connectivity index is 0.000000359. The Kier molecular flexibility index (Phi) is 15.4. The summed E-state index contributed by atoms with van der Waals surface area (Å²) < 4.78 is 65.8. The number of primary sulfonamides is 1. The molecule has 0 spiro atoms. The van der Waals surface area contributed by atoms with Crippen LogP contribution in [0, 0.1) is 0 Å². The number of nitrogens with zero attached hydrogens (tertiary/aromatic N) is 7. The molecule has 0 saturated heterocycles. The van der Waals surface area contributed by atoms with E-state index in [9.17, 15) is 16.8 Å². The summed E-state index contributed by atoms with van der Waals surface area (Å²) in [4.78, 5) is 4.11. The molecule has 4 aromatic rings. The van der Waals surface area contributed by atoms with Gasteiger partial charge in [-0.3, -0.25) is 9.36 Å². The van der Waals surface area contributed by atoms with E-state index in [1.54, 1.807) is 31.0 Å². The van der Waals surface area contributed by atoms with Crippen molar-refractivity contribution in [3.8, 4) is 11.5 Å². The molecule has 0 atom stereocenters. The Morgan fingerprint density at radius 3 is 1.35 bits per heavy atom. The highest BCUT2D eigenvalue weighted by atomic mass is 32.2. The molecule has 2 N–H and O–H groups in total. The number of sulfonamides is 2. The number of nitrogens with two attached hydrogens (primary N) is 1. The molecule has 0 fully saturated rings. The number of aromatic nitrogens is 4. The summed E-state index contributed by atoms with van der Waals surface area (Å²) in [6.45, 7) is 9.99. The Morgan fingerprint density at radius 1 is 0.654 bits per heavy atom. The summed E-state index contributed by atoms with van der Waals surface area (Å²) in [5, 5.41) is 13.7. The van der Waals surface area contributed by atoms with Gasteiger partial charge in [-0.05, 0) is 103 Å². The fourth-order valence-electron chi connectivity index (χ4n) is 5.25. The summed E-state index contributed by atoms with van der Waals surface area (Å²) in [7, 11) is 3.55. The molecule has 4 rings (SSSR count). The molecular formula is C36H56N8O6S2. The van der Waals surface area contributed by atoms with Gasteiger partial charge >= 0.3 is 0 Å². The van der Waals surface area contributed by atoms with Gasteiger partial charge in [0.15, 0.2) is 10.1 Å². The number of hydrogen-bond acceptors (Lipinski definition) is 10. The van der Waals surface area contributed by atoms with Crippen LogP contribution in [0.1, 0.15) is 62.3 Å². The number of benzene rings is 2. The van der Waals surface area contributed by atoms with Crippen LogP contribution in [0.3, 0.4) is 0 Å². The maximum Gasteiger partial charge on any atom is 0.262 e. The Hall–Kier alpha value is -3.80. The fraction of sp³-hybridized carbons (Fsp3) is 0.500. The second-order valence-electron chi connectivity index (χ2n) is 13.6. The fourth-order valence-corrected chi connectivity index (χ4v) is 7.13. The number of ether oxygens (including phenoxy) is 2. The van der Waals surface area contributed by atoms with Gasteiger partial charge in [0.25, 0.3) is 20.0 Å². The van der Waals surface area contributed by atoms with E-state index in [0.29, 0.717) is 6.42 Å². The largest absolute Gasteiger partial charge is 0.497 e. The number of methoxy groups -OCH3 is 2. The van der Waals surface area contributed by atoms with Crippen molar-refractivity contribution in [1.82, 2.24) is 33.7 Å². The van der Waals surface area contributed by atoms with E-state index in [0.717, 1.165) is 53.5 Å². The Labute approximate surface area is 310 Å². The topological polar surface area (TPSA) is 158 Å². The van der Waals surface area contributed by atoms with Crippen LogP contribution in [0.15, 0.2) is 70.7 Å². The summed E-state index contributed by atoms with van der Waals surface area (Å²) in [6, 6.07) is 18.3. The average molecular weight is 761 g/mol. The van der Waals surface area contributed by atoms with Gasteiger partial charge in [0.1, 0.15) is 11.5 Å². The first kappa shape index (κ1) is 42.6. The van der Waals surface area contributed by atoms with Crippen molar-refractivity contribution in [3.05, 3.63) is 83.2 Å². The van der Waals surface area contributed by atoms with Crippen molar-refractivity contribution in [2.45, 2.75) is 75.8 Å². The lowest BCUT2D eigenvalue weighted by atomic mass is 10.2. The third kappa shape index (κ3) is 12.1. The van der Waals surface area contributed by atoms with Crippen LogP contribution in [-0.4, -0.2) is 106 Å². The van der Waals surface area contributed by atoms with Crippen LogP contribution < -0.4 is 14.6 Å². The highest BCUT2D eigenvalue weighted by Gasteiger charge is 2.29. The van der Waals surface area contributed by atoms with Gasteiger partial charge in [0, 0.05) is 62.5 Å². The molecule has 0 aliphatic carbocycles. The molecule has 14 nitrogen and oxygen atoms in total. The minimum atomic E-state index is -3.88. The summed E-state index contributed by atoms with van der Waals surface area (Å²) in [6.07, 6.45) is 1.46. The zero-order valence-corrected chi connectivity index (χ0v) is 33.8. The zero-order valence-electron chi connectivity index (χ0n) is 32.1. The predicted molar refractivity (Wildman–Crippen MR) is 204 cm³/mol. The Morgan fingerprint density at radius 2 is 1.02 bits per heavy atom. The lowest BCUT2D eigenvalue weighted by Gasteiger charge is -2.22. The summed E-state index contributed by atoms with van der Waals surface area (Å²) >= 11 is 0. The molecule has 16 heteroatoms. The molecule has 2 aromatic carbocycles. The third-order valence-corrected chi connectivity index (χ3v) is 10.6.